The fourth-order valence-electron chi connectivity index (χ4n) is 1.85. The van der Waals surface area contributed by atoms with Gasteiger partial charge in [-0.05, 0) is 29.7 Å². The minimum absolute atomic E-state index is 0.0351. The van der Waals surface area contributed by atoms with Gasteiger partial charge in [0.15, 0.2) is 0 Å². The van der Waals surface area contributed by atoms with Crippen molar-refractivity contribution < 1.29 is 4.79 Å². The highest BCUT2D eigenvalue weighted by Gasteiger charge is 2.10. The van der Waals surface area contributed by atoms with E-state index in [0.717, 1.165) is 5.56 Å². The van der Waals surface area contributed by atoms with E-state index in [0.29, 0.717) is 6.42 Å². The lowest BCUT2D eigenvalue weighted by Crippen LogP contribution is -2.30. The van der Waals surface area contributed by atoms with Gasteiger partial charge in [0.1, 0.15) is 5.78 Å². The third-order valence-corrected chi connectivity index (χ3v) is 2.84. The van der Waals surface area contributed by atoms with Crippen molar-refractivity contribution in [3.63, 3.8) is 0 Å². The van der Waals surface area contributed by atoms with E-state index in [4.69, 9.17) is 5.73 Å². The molecule has 0 fully saturated rings. The maximum atomic E-state index is 11.2. The number of hydrogen-bond acceptors (Lipinski definition) is 2. The second-order valence-corrected chi connectivity index (χ2v) is 4.06. The molecular formula is C14H15NO. The average molecular weight is 213 g/mol. The van der Waals surface area contributed by atoms with Crippen LogP contribution in [0.5, 0.6) is 0 Å². The highest BCUT2D eigenvalue weighted by molar-refractivity contribution is 5.87. The molecule has 1 unspecified atom stereocenters. The normalized spacial score (nSPS) is 12.6. The molecule has 0 aromatic heterocycles. The summed E-state index contributed by atoms with van der Waals surface area (Å²) in [6.45, 7) is 1.54. The van der Waals surface area contributed by atoms with Crippen molar-refractivity contribution in [2.24, 2.45) is 5.73 Å². The third kappa shape index (κ3) is 2.12. The predicted molar refractivity (Wildman–Crippen MR) is 66.3 cm³/mol. The van der Waals surface area contributed by atoms with Gasteiger partial charge in [0.25, 0.3) is 0 Å². The molecule has 2 heteroatoms. The first-order chi connectivity index (χ1) is 7.68. The molecule has 0 spiro atoms. The Kier molecular flexibility index (Phi) is 3.02. The van der Waals surface area contributed by atoms with Crippen LogP contribution in [0.4, 0.5) is 0 Å². The number of nitrogens with two attached hydrogens (primary N) is 1. The Balaban J connectivity index is 2.41. The Bertz CT molecular complexity index is 514. The summed E-state index contributed by atoms with van der Waals surface area (Å²) in [7, 11) is 0. The van der Waals surface area contributed by atoms with Crippen molar-refractivity contribution in [3.05, 3.63) is 48.0 Å². The summed E-state index contributed by atoms with van der Waals surface area (Å²) in [5, 5.41) is 2.37. The topological polar surface area (TPSA) is 43.1 Å². The first kappa shape index (κ1) is 10.8. The van der Waals surface area contributed by atoms with Gasteiger partial charge in [-0.25, -0.2) is 0 Å². The van der Waals surface area contributed by atoms with Crippen molar-refractivity contribution in [2.75, 3.05) is 0 Å². The average Bonchev–Trinajstić information content (AvgIpc) is 2.29. The molecule has 2 nitrogen and oxygen atoms in total. The molecule has 2 N–H and O–H groups in total. The maximum Gasteiger partial charge on any atom is 0.146 e. The first-order valence-corrected chi connectivity index (χ1v) is 5.41. The van der Waals surface area contributed by atoms with Gasteiger partial charge >= 0.3 is 0 Å². The van der Waals surface area contributed by atoms with Crippen molar-refractivity contribution >= 4 is 16.6 Å². The van der Waals surface area contributed by atoms with E-state index in [9.17, 15) is 4.79 Å². The smallest absolute Gasteiger partial charge is 0.146 e. The Morgan fingerprint density at radius 3 is 2.62 bits per heavy atom. The van der Waals surface area contributed by atoms with Crippen LogP contribution in [0.3, 0.4) is 0 Å². The molecule has 2 aromatic rings. The highest BCUT2D eigenvalue weighted by Crippen LogP contribution is 2.19. The second-order valence-electron chi connectivity index (χ2n) is 4.06. The van der Waals surface area contributed by atoms with E-state index < -0.39 is 6.04 Å². The van der Waals surface area contributed by atoms with E-state index in [1.165, 1.54) is 17.7 Å². The summed E-state index contributed by atoms with van der Waals surface area (Å²) < 4.78 is 0. The van der Waals surface area contributed by atoms with Gasteiger partial charge in [0.05, 0.1) is 6.04 Å². The fourth-order valence-corrected chi connectivity index (χ4v) is 1.85. The van der Waals surface area contributed by atoms with E-state index >= 15 is 0 Å². The fraction of sp³-hybridized carbons (Fsp3) is 0.214. The Hall–Kier alpha value is -1.67. The van der Waals surface area contributed by atoms with Gasteiger partial charge in [0, 0.05) is 0 Å². The summed E-state index contributed by atoms with van der Waals surface area (Å²) in [5.41, 5.74) is 6.93. The number of carbonyl (C=O) groups is 1. The maximum absolute atomic E-state index is 11.2. The highest BCUT2D eigenvalue weighted by atomic mass is 16.1. The van der Waals surface area contributed by atoms with Crippen LogP contribution in [0.1, 0.15) is 12.5 Å². The van der Waals surface area contributed by atoms with Gasteiger partial charge < -0.3 is 5.73 Å². The molecule has 0 radical (unpaired) electrons. The number of Topliss-reactive ketones (excluding diaryl/α,β-unsaturated/α-hetero) is 1. The van der Waals surface area contributed by atoms with Crippen molar-refractivity contribution in [1.29, 1.82) is 0 Å². The summed E-state index contributed by atoms with van der Waals surface area (Å²) in [5.74, 6) is 0.0351. The lowest BCUT2D eigenvalue weighted by atomic mass is 9.98. The van der Waals surface area contributed by atoms with Crippen LogP contribution in [-0.4, -0.2) is 11.8 Å². The Morgan fingerprint density at radius 2 is 1.88 bits per heavy atom. The number of carbonyl (C=O) groups excluding carboxylic acids is 1. The molecule has 0 aliphatic rings. The molecule has 0 heterocycles. The quantitative estimate of drug-likeness (QED) is 0.850. The number of hydrogen-bond donors (Lipinski definition) is 1. The van der Waals surface area contributed by atoms with E-state index in [-0.39, 0.29) is 5.78 Å². The van der Waals surface area contributed by atoms with Crippen LogP contribution in [0, 0.1) is 0 Å². The zero-order valence-electron chi connectivity index (χ0n) is 9.31. The molecule has 2 aromatic carbocycles. The second kappa shape index (κ2) is 4.45. The monoisotopic (exact) mass is 213 g/mol. The lowest BCUT2D eigenvalue weighted by molar-refractivity contribution is -0.118. The lowest BCUT2D eigenvalue weighted by Gasteiger charge is -2.10. The van der Waals surface area contributed by atoms with Gasteiger partial charge in [0.2, 0.25) is 0 Å². The molecule has 0 aliphatic carbocycles. The van der Waals surface area contributed by atoms with Crippen LogP contribution in [0.25, 0.3) is 10.8 Å². The van der Waals surface area contributed by atoms with Gasteiger partial charge in [-0.1, -0.05) is 42.5 Å². The molecule has 1 atom stereocenters. The SMILES string of the molecule is CC(=O)C(N)Cc1cccc2ccccc12. The number of rotatable bonds is 3. The zero-order valence-corrected chi connectivity index (χ0v) is 9.31. The van der Waals surface area contributed by atoms with Crippen molar-refractivity contribution in [2.45, 2.75) is 19.4 Å². The van der Waals surface area contributed by atoms with Gasteiger partial charge in [-0.3, -0.25) is 4.79 Å². The zero-order chi connectivity index (χ0) is 11.5. The van der Waals surface area contributed by atoms with Crippen molar-refractivity contribution in [1.82, 2.24) is 0 Å². The molecule has 2 rings (SSSR count). The van der Waals surface area contributed by atoms with E-state index in [1.807, 2.05) is 24.3 Å². The van der Waals surface area contributed by atoms with Crippen LogP contribution >= 0.6 is 0 Å². The van der Waals surface area contributed by atoms with Crippen LogP contribution < -0.4 is 5.73 Å². The largest absolute Gasteiger partial charge is 0.321 e. The van der Waals surface area contributed by atoms with E-state index in [2.05, 4.69) is 18.2 Å². The molecule has 0 bridgehead atoms. The standard InChI is InChI=1S/C14H15NO/c1-10(16)14(15)9-12-7-4-6-11-5-2-3-8-13(11)12/h2-8,14H,9,15H2,1H3. The minimum atomic E-state index is -0.397. The minimum Gasteiger partial charge on any atom is -0.321 e. The Morgan fingerprint density at radius 1 is 1.19 bits per heavy atom. The third-order valence-electron chi connectivity index (χ3n) is 2.84. The molecule has 0 saturated carbocycles. The summed E-state index contributed by atoms with van der Waals surface area (Å²) in [6, 6.07) is 13.9. The van der Waals surface area contributed by atoms with Crippen LogP contribution in [0.2, 0.25) is 0 Å². The molecule has 16 heavy (non-hydrogen) atoms. The summed E-state index contributed by atoms with van der Waals surface area (Å²) in [6.07, 6.45) is 0.608. The van der Waals surface area contributed by atoms with Gasteiger partial charge in [-0.15, -0.1) is 0 Å². The first-order valence-electron chi connectivity index (χ1n) is 5.41. The van der Waals surface area contributed by atoms with Crippen molar-refractivity contribution in [3.8, 4) is 0 Å². The molecule has 0 saturated heterocycles. The number of benzene rings is 2. The summed E-state index contributed by atoms with van der Waals surface area (Å²) in [4.78, 5) is 11.2. The number of fused-ring (bicyclic) bond motifs is 1. The molecule has 82 valence electrons. The molecule has 0 amide bonds. The number of ketones is 1. The van der Waals surface area contributed by atoms with Gasteiger partial charge in [-0.2, -0.15) is 0 Å². The van der Waals surface area contributed by atoms with Crippen LogP contribution in [0.15, 0.2) is 42.5 Å². The Labute approximate surface area is 95.1 Å². The molecular weight excluding hydrogens is 198 g/mol. The van der Waals surface area contributed by atoms with E-state index in [1.54, 1.807) is 0 Å². The van der Waals surface area contributed by atoms with Crippen LogP contribution in [-0.2, 0) is 11.2 Å². The summed E-state index contributed by atoms with van der Waals surface area (Å²) >= 11 is 0. The predicted octanol–water partition coefficient (Wildman–Crippen LogP) is 2.30. The molecule has 0 aliphatic heterocycles.